The van der Waals surface area contributed by atoms with Crippen LogP contribution < -0.4 is 4.74 Å². The topological polar surface area (TPSA) is 35.5 Å². The molecule has 0 aromatic heterocycles. The molecule has 1 unspecified atom stereocenters. The van der Waals surface area contributed by atoms with Crippen molar-refractivity contribution in [2.75, 3.05) is 13.2 Å². The molecule has 0 radical (unpaired) electrons. The normalized spacial score (nSPS) is 27.6. The summed E-state index contributed by atoms with van der Waals surface area (Å²) in [4.78, 5) is 12.8. The first-order valence-corrected chi connectivity index (χ1v) is 7.57. The molecule has 1 aromatic rings. The number of ether oxygens (including phenoxy) is 2. The minimum atomic E-state index is -0.420. The molecule has 1 aliphatic carbocycles. The van der Waals surface area contributed by atoms with Crippen LogP contribution >= 0.6 is 15.9 Å². The fourth-order valence-electron chi connectivity index (χ4n) is 3.03. The van der Waals surface area contributed by atoms with Gasteiger partial charge in [0.25, 0.3) is 0 Å². The first kappa shape index (κ1) is 11.9. The van der Waals surface area contributed by atoms with Crippen LogP contribution in [-0.2, 0) is 4.74 Å². The number of carbonyl (C=O) groups excluding carboxylic acids is 1. The van der Waals surface area contributed by atoms with Crippen LogP contribution in [0.1, 0.15) is 29.6 Å². The lowest BCUT2D eigenvalue weighted by Gasteiger charge is -2.48. The van der Waals surface area contributed by atoms with Crippen molar-refractivity contribution >= 4 is 21.7 Å². The lowest BCUT2D eigenvalue weighted by molar-refractivity contribution is -0.142. The zero-order valence-corrected chi connectivity index (χ0v) is 12.1. The first-order valence-electron chi connectivity index (χ1n) is 6.78. The third-order valence-corrected chi connectivity index (χ3v) is 4.98. The Bertz CT molecular complexity index is 546. The first-order chi connectivity index (χ1) is 9.19. The van der Waals surface area contributed by atoms with Crippen LogP contribution in [0.4, 0.5) is 0 Å². The molecular formula is C15H15BrO3. The monoisotopic (exact) mass is 322 g/mol. The third kappa shape index (κ3) is 1.77. The Balaban J connectivity index is 1.74. The van der Waals surface area contributed by atoms with Crippen molar-refractivity contribution in [2.24, 2.45) is 11.3 Å². The van der Waals surface area contributed by atoms with Gasteiger partial charge >= 0.3 is 0 Å². The maximum atomic E-state index is 12.8. The lowest BCUT2D eigenvalue weighted by atomic mass is 9.70. The van der Waals surface area contributed by atoms with Crippen LogP contribution in [-0.4, -0.2) is 25.1 Å². The van der Waals surface area contributed by atoms with Gasteiger partial charge in [0.15, 0.2) is 5.78 Å². The Kier molecular flexibility index (Phi) is 2.55. The molecule has 3 aliphatic rings. The lowest BCUT2D eigenvalue weighted by Crippen LogP contribution is -2.60. The minimum Gasteiger partial charge on any atom is -0.488 e. The number of hydrogen-bond donors (Lipinski definition) is 0. The summed E-state index contributed by atoms with van der Waals surface area (Å²) in [6.45, 7) is 1.02. The maximum absolute atomic E-state index is 12.8. The summed E-state index contributed by atoms with van der Waals surface area (Å²) in [7, 11) is 0. The van der Waals surface area contributed by atoms with Gasteiger partial charge in [0, 0.05) is 4.47 Å². The molecule has 2 aliphatic heterocycles. The van der Waals surface area contributed by atoms with Gasteiger partial charge in [-0.05, 0) is 30.5 Å². The molecule has 2 fully saturated rings. The molecule has 4 rings (SSSR count). The van der Waals surface area contributed by atoms with Gasteiger partial charge in [0.2, 0.25) is 0 Å². The van der Waals surface area contributed by atoms with Crippen LogP contribution in [0.3, 0.4) is 0 Å². The number of rotatable bonds is 2. The highest BCUT2D eigenvalue weighted by atomic mass is 79.9. The summed E-state index contributed by atoms with van der Waals surface area (Å²) >= 11 is 3.42. The number of Topliss-reactive ketones (excluding diaryl/α,β-unsaturated/α-hetero) is 1. The molecule has 4 heteroatoms. The van der Waals surface area contributed by atoms with E-state index < -0.39 is 5.41 Å². The predicted molar refractivity (Wildman–Crippen MR) is 73.5 cm³/mol. The van der Waals surface area contributed by atoms with E-state index in [-0.39, 0.29) is 11.9 Å². The van der Waals surface area contributed by atoms with E-state index in [4.69, 9.17) is 9.47 Å². The smallest absolute Gasteiger partial charge is 0.181 e. The molecule has 0 N–H and O–H groups in total. The summed E-state index contributed by atoms with van der Waals surface area (Å²) in [6.07, 6.45) is 3.54. The largest absolute Gasteiger partial charge is 0.488 e. The molecule has 1 saturated heterocycles. The van der Waals surface area contributed by atoms with Crippen molar-refractivity contribution in [3.8, 4) is 5.75 Å². The van der Waals surface area contributed by atoms with E-state index in [1.165, 1.54) is 12.8 Å². The molecule has 1 spiro atoms. The zero-order valence-electron chi connectivity index (χ0n) is 10.5. The number of benzene rings is 1. The molecule has 1 aromatic carbocycles. The summed E-state index contributed by atoms with van der Waals surface area (Å²) in [6, 6.07) is 5.68. The van der Waals surface area contributed by atoms with E-state index in [1.54, 1.807) is 0 Å². The van der Waals surface area contributed by atoms with E-state index in [2.05, 4.69) is 15.9 Å². The van der Waals surface area contributed by atoms with Crippen molar-refractivity contribution in [2.45, 2.75) is 25.4 Å². The number of fused-ring (bicyclic) bond motifs is 1. The summed E-state index contributed by atoms with van der Waals surface area (Å²) in [5.41, 5.74) is 0.279. The SMILES string of the molecule is O=C1c2cc(Br)ccc2OC(CC2CC2)C12COC2. The van der Waals surface area contributed by atoms with E-state index in [0.717, 1.165) is 22.6 Å². The summed E-state index contributed by atoms with van der Waals surface area (Å²) < 4.78 is 12.4. The number of halogens is 1. The second-order valence-corrected chi connectivity index (χ2v) is 6.82. The van der Waals surface area contributed by atoms with Crippen LogP contribution in [0.5, 0.6) is 5.75 Å². The van der Waals surface area contributed by atoms with Gasteiger partial charge in [-0.1, -0.05) is 28.8 Å². The number of carbonyl (C=O) groups is 1. The zero-order chi connectivity index (χ0) is 13.0. The summed E-state index contributed by atoms with van der Waals surface area (Å²) in [5, 5.41) is 0. The van der Waals surface area contributed by atoms with Gasteiger partial charge in [-0.3, -0.25) is 4.79 Å². The van der Waals surface area contributed by atoms with Crippen molar-refractivity contribution < 1.29 is 14.3 Å². The van der Waals surface area contributed by atoms with Gasteiger partial charge in [-0.15, -0.1) is 0 Å². The standard InChI is InChI=1S/C15H15BrO3/c16-10-3-4-12-11(6-10)14(17)15(7-18-8-15)13(19-12)5-9-1-2-9/h3-4,6,9,13H,1-2,5,7-8H2. The van der Waals surface area contributed by atoms with Crippen molar-refractivity contribution in [3.63, 3.8) is 0 Å². The van der Waals surface area contributed by atoms with Gasteiger partial charge in [-0.2, -0.15) is 0 Å². The highest BCUT2D eigenvalue weighted by Crippen LogP contribution is 2.48. The van der Waals surface area contributed by atoms with Crippen LogP contribution in [0.2, 0.25) is 0 Å². The molecule has 1 saturated carbocycles. The third-order valence-electron chi connectivity index (χ3n) is 4.49. The van der Waals surface area contributed by atoms with Crippen molar-refractivity contribution in [1.82, 2.24) is 0 Å². The fourth-order valence-corrected chi connectivity index (χ4v) is 3.39. The number of ketones is 1. The Hall–Kier alpha value is -0.870. The van der Waals surface area contributed by atoms with Crippen LogP contribution in [0.25, 0.3) is 0 Å². The van der Waals surface area contributed by atoms with Gasteiger partial charge < -0.3 is 9.47 Å². The van der Waals surface area contributed by atoms with E-state index in [0.29, 0.717) is 18.8 Å². The van der Waals surface area contributed by atoms with Gasteiger partial charge in [0.05, 0.1) is 18.8 Å². The van der Waals surface area contributed by atoms with Crippen molar-refractivity contribution in [1.29, 1.82) is 0 Å². The highest BCUT2D eigenvalue weighted by molar-refractivity contribution is 9.10. The number of hydrogen-bond acceptors (Lipinski definition) is 3. The quantitative estimate of drug-likeness (QED) is 0.838. The summed E-state index contributed by atoms with van der Waals surface area (Å²) in [5.74, 6) is 1.68. The fraction of sp³-hybridized carbons (Fsp3) is 0.533. The van der Waals surface area contributed by atoms with E-state index in [9.17, 15) is 4.79 Å². The molecule has 0 bridgehead atoms. The molecule has 1 atom stereocenters. The molecule has 3 nitrogen and oxygen atoms in total. The van der Waals surface area contributed by atoms with Crippen LogP contribution in [0.15, 0.2) is 22.7 Å². The Labute approximate surface area is 120 Å². The second-order valence-electron chi connectivity index (χ2n) is 5.90. The molecule has 0 amide bonds. The molecule has 2 heterocycles. The Morgan fingerprint density at radius 3 is 2.74 bits per heavy atom. The maximum Gasteiger partial charge on any atom is 0.181 e. The minimum absolute atomic E-state index is 0.00470. The average Bonchev–Trinajstić information content (AvgIpc) is 3.12. The predicted octanol–water partition coefficient (Wildman–Crippen LogP) is 3.21. The van der Waals surface area contributed by atoms with E-state index >= 15 is 0 Å². The van der Waals surface area contributed by atoms with Crippen molar-refractivity contribution in [3.05, 3.63) is 28.2 Å². The molecular weight excluding hydrogens is 308 g/mol. The Morgan fingerprint density at radius 1 is 1.32 bits per heavy atom. The highest BCUT2D eigenvalue weighted by Gasteiger charge is 2.57. The van der Waals surface area contributed by atoms with Gasteiger partial charge in [0.1, 0.15) is 17.3 Å². The second kappa shape index (κ2) is 4.06. The van der Waals surface area contributed by atoms with Gasteiger partial charge in [-0.25, -0.2) is 0 Å². The van der Waals surface area contributed by atoms with E-state index in [1.807, 2.05) is 18.2 Å². The van der Waals surface area contributed by atoms with Crippen LogP contribution in [0, 0.1) is 11.3 Å². The molecule has 100 valence electrons. The molecule has 19 heavy (non-hydrogen) atoms. The average molecular weight is 323 g/mol. The Morgan fingerprint density at radius 2 is 2.11 bits per heavy atom.